The number of aliphatic hydroxyl groups excluding tert-OH is 1. The Morgan fingerprint density at radius 1 is 1.20 bits per heavy atom. The number of amides is 1. The largest absolute Gasteiger partial charge is 0.479 e. The van der Waals surface area contributed by atoms with Gasteiger partial charge >= 0.3 is 5.97 Å². The summed E-state index contributed by atoms with van der Waals surface area (Å²) in [6.45, 7) is 0.0815. The fourth-order valence-electron chi connectivity index (χ4n) is 2.12. The van der Waals surface area contributed by atoms with Gasteiger partial charge in [0.15, 0.2) is 6.10 Å². The lowest BCUT2D eigenvalue weighted by molar-refractivity contribution is -0.150. The van der Waals surface area contributed by atoms with E-state index in [-0.39, 0.29) is 12.5 Å². The molecule has 0 radical (unpaired) electrons. The lowest BCUT2D eigenvalue weighted by Gasteiger charge is -2.12. The Morgan fingerprint density at radius 3 is 2.40 bits per heavy atom. The molecule has 6 nitrogen and oxygen atoms in total. The summed E-state index contributed by atoms with van der Waals surface area (Å²) in [6, 6.07) is 7.13. The number of rotatable bonds is 5. The summed E-state index contributed by atoms with van der Waals surface area (Å²) in [5.41, 5.74) is 1.60. The van der Waals surface area contributed by atoms with Crippen LogP contribution in [-0.4, -0.2) is 40.9 Å². The smallest absolute Gasteiger partial charge is 0.332 e. The van der Waals surface area contributed by atoms with Crippen molar-refractivity contribution < 1.29 is 24.5 Å². The SMILES string of the molecule is O=C(O)C1CCC(C(=O)Nc2ccc(CCO)cc2)O1. The third-order valence-corrected chi connectivity index (χ3v) is 3.21. The number of nitrogens with one attached hydrogen (secondary N) is 1. The van der Waals surface area contributed by atoms with Crippen molar-refractivity contribution in [2.45, 2.75) is 31.5 Å². The number of aliphatic hydroxyl groups is 1. The predicted octanol–water partition coefficient (Wildman–Crippen LogP) is 0.792. The Morgan fingerprint density at radius 2 is 1.85 bits per heavy atom. The average molecular weight is 279 g/mol. The van der Waals surface area contributed by atoms with E-state index in [1.807, 2.05) is 12.1 Å². The molecule has 1 amide bonds. The molecular weight excluding hydrogens is 262 g/mol. The molecule has 0 saturated carbocycles. The molecule has 6 heteroatoms. The summed E-state index contributed by atoms with van der Waals surface area (Å²) >= 11 is 0. The Bertz CT molecular complexity index is 485. The molecule has 1 fully saturated rings. The van der Waals surface area contributed by atoms with Crippen LogP contribution in [-0.2, 0) is 20.7 Å². The number of carbonyl (C=O) groups excluding carboxylic acids is 1. The molecule has 20 heavy (non-hydrogen) atoms. The number of carboxylic acids is 1. The highest BCUT2D eigenvalue weighted by Gasteiger charge is 2.34. The quantitative estimate of drug-likeness (QED) is 0.740. The molecule has 1 aromatic rings. The van der Waals surface area contributed by atoms with Gasteiger partial charge in [-0.3, -0.25) is 4.79 Å². The van der Waals surface area contributed by atoms with Crippen molar-refractivity contribution >= 4 is 17.6 Å². The highest BCUT2D eigenvalue weighted by atomic mass is 16.5. The van der Waals surface area contributed by atoms with Crippen molar-refractivity contribution in [2.24, 2.45) is 0 Å². The molecule has 1 aliphatic heterocycles. The zero-order chi connectivity index (χ0) is 14.5. The van der Waals surface area contributed by atoms with Gasteiger partial charge in [0.05, 0.1) is 0 Å². The molecule has 0 aliphatic carbocycles. The lowest BCUT2D eigenvalue weighted by Crippen LogP contribution is -2.29. The van der Waals surface area contributed by atoms with Crippen LogP contribution in [0.15, 0.2) is 24.3 Å². The Hall–Kier alpha value is -1.92. The van der Waals surface area contributed by atoms with E-state index in [0.717, 1.165) is 5.56 Å². The van der Waals surface area contributed by atoms with Crippen molar-refractivity contribution in [3.8, 4) is 0 Å². The van der Waals surface area contributed by atoms with E-state index >= 15 is 0 Å². The predicted molar refractivity (Wildman–Crippen MR) is 71.4 cm³/mol. The second kappa shape index (κ2) is 6.49. The lowest BCUT2D eigenvalue weighted by atomic mass is 10.1. The van der Waals surface area contributed by atoms with E-state index in [0.29, 0.717) is 24.9 Å². The van der Waals surface area contributed by atoms with E-state index in [4.69, 9.17) is 14.9 Å². The van der Waals surface area contributed by atoms with Gasteiger partial charge in [-0.25, -0.2) is 4.79 Å². The normalized spacial score (nSPS) is 21.6. The maximum absolute atomic E-state index is 11.9. The van der Waals surface area contributed by atoms with Crippen molar-refractivity contribution in [3.63, 3.8) is 0 Å². The maximum atomic E-state index is 11.9. The standard InChI is InChI=1S/C14H17NO5/c16-8-7-9-1-3-10(4-2-9)15-13(17)11-5-6-12(20-11)14(18)19/h1-4,11-12,16H,5-8H2,(H,15,17)(H,18,19). The van der Waals surface area contributed by atoms with E-state index in [1.54, 1.807) is 12.1 Å². The van der Waals surface area contributed by atoms with Crippen molar-refractivity contribution in [1.82, 2.24) is 0 Å². The zero-order valence-electron chi connectivity index (χ0n) is 10.9. The number of benzene rings is 1. The van der Waals surface area contributed by atoms with Crippen molar-refractivity contribution in [1.29, 1.82) is 0 Å². The van der Waals surface area contributed by atoms with Crippen LogP contribution < -0.4 is 5.32 Å². The minimum atomic E-state index is -1.03. The maximum Gasteiger partial charge on any atom is 0.332 e. The first-order valence-corrected chi connectivity index (χ1v) is 6.49. The molecule has 0 aromatic heterocycles. The van der Waals surface area contributed by atoms with E-state index < -0.39 is 18.2 Å². The van der Waals surface area contributed by atoms with Crippen LogP contribution >= 0.6 is 0 Å². The second-order valence-electron chi connectivity index (χ2n) is 4.69. The van der Waals surface area contributed by atoms with Crippen LogP contribution in [0.5, 0.6) is 0 Å². The summed E-state index contributed by atoms with van der Waals surface area (Å²) in [5.74, 6) is -1.36. The van der Waals surface area contributed by atoms with Gasteiger partial charge in [0, 0.05) is 12.3 Å². The van der Waals surface area contributed by atoms with Crippen molar-refractivity contribution in [2.75, 3.05) is 11.9 Å². The first kappa shape index (κ1) is 14.5. The minimum Gasteiger partial charge on any atom is -0.479 e. The van der Waals surface area contributed by atoms with Gasteiger partial charge in [0.1, 0.15) is 6.10 Å². The second-order valence-corrected chi connectivity index (χ2v) is 4.69. The van der Waals surface area contributed by atoms with Crippen molar-refractivity contribution in [3.05, 3.63) is 29.8 Å². The average Bonchev–Trinajstić information content (AvgIpc) is 2.91. The molecule has 0 spiro atoms. The van der Waals surface area contributed by atoms with Gasteiger partial charge in [-0.15, -0.1) is 0 Å². The highest BCUT2D eigenvalue weighted by molar-refractivity contribution is 5.94. The first-order valence-electron chi connectivity index (χ1n) is 6.49. The molecule has 1 heterocycles. The number of aliphatic carboxylic acids is 1. The van der Waals surface area contributed by atoms with Crippen LogP contribution in [0.4, 0.5) is 5.69 Å². The fraction of sp³-hybridized carbons (Fsp3) is 0.429. The monoisotopic (exact) mass is 279 g/mol. The van der Waals surface area contributed by atoms with E-state index in [9.17, 15) is 9.59 Å². The molecule has 2 rings (SSSR count). The van der Waals surface area contributed by atoms with Gasteiger partial charge < -0.3 is 20.3 Å². The zero-order valence-corrected chi connectivity index (χ0v) is 10.9. The van der Waals surface area contributed by atoms with Gasteiger partial charge in [0.2, 0.25) is 0 Å². The summed E-state index contributed by atoms with van der Waals surface area (Å²) in [4.78, 5) is 22.7. The molecule has 2 atom stereocenters. The Labute approximate surface area is 116 Å². The molecule has 0 bridgehead atoms. The molecular formula is C14H17NO5. The summed E-state index contributed by atoms with van der Waals surface area (Å²) in [7, 11) is 0. The number of ether oxygens (including phenoxy) is 1. The summed E-state index contributed by atoms with van der Waals surface area (Å²) in [6.07, 6.45) is -0.278. The third-order valence-electron chi connectivity index (χ3n) is 3.21. The number of anilines is 1. The van der Waals surface area contributed by atoms with E-state index in [2.05, 4.69) is 5.32 Å². The Kier molecular flexibility index (Phi) is 4.70. The van der Waals surface area contributed by atoms with Crippen LogP contribution in [0.2, 0.25) is 0 Å². The van der Waals surface area contributed by atoms with Crippen LogP contribution in [0, 0.1) is 0 Å². The molecule has 2 unspecified atom stereocenters. The molecule has 108 valence electrons. The molecule has 3 N–H and O–H groups in total. The summed E-state index contributed by atoms with van der Waals surface area (Å²) in [5, 5.41) is 20.3. The highest BCUT2D eigenvalue weighted by Crippen LogP contribution is 2.21. The minimum absolute atomic E-state index is 0.0815. The first-order chi connectivity index (χ1) is 9.60. The third kappa shape index (κ3) is 3.55. The number of carboxylic acid groups (broad SMARTS) is 1. The molecule has 1 saturated heterocycles. The fourth-order valence-corrected chi connectivity index (χ4v) is 2.12. The number of carbonyl (C=O) groups is 2. The molecule has 1 aromatic carbocycles. The number of hydrogen-bond acceptors (Lipinski definition) is 4. The molecule has 1 aliphatic rings. The van der Waals surface area contributed by atoms with Gasteiger partial charge in [-0.05, 0) is 37.0 Å². The van der Waals surface area contributed by atoms with Gasteiger partial charge in [-0.2, -0.15) is 0 Å². The Balaban J connectivity index is 1.90. The summed E-state index contributed by atoms with van der Waals surface area (Å²) < 4.78 is 5.17. The van der Waals surface area contributed by atoms with E-state index in [1.165, 1.54) is 0 Å². The van der Waals surface area contributed by atoms with Crippen LogP contribution in [0.25, 0.3) is 0 Å². The topological polar surface area (TPSA) is 95.9 Å². The van der Waals surface area contributed by atoms with Gasteiger partial charge in [0.25, 0.3) is 5.91 Å². The van der Waals surface area contributed by atoms with Crippen LogP contribution in [0.1, 0.15) is 18.4 Å². The van der Waals surface area contributed by atoms with Crippen LogP contribution in [0.3, 0.4) is 0 Å². The van der Waals surface area contributed by atoms with Gasteiger partial charge in [-0.1, -0.05) is 12.1 Å². The number of hydrogen-bond donors (Lipinski definition) is 3.